The van der Waals surface area contributed by atoms with Crippen LogP contribution in [0, 0.1) is 12.7 Å². The van der Waals surface area contributed by atoms with Crippen LogP contribution in [0.5, 0.6) is 0 Å². The Morgan fingerprint density at radius 1 is 1.23 bits per heavy atom. The van der Waals surface area contributed by atoms with Gasteiger partial charge in [0.25, 0.3) is 5.91 Å². The van der Waals surface area contributed by atoms with Crippen LogP contribution in [0.1, 0.15) is 53.3 Å². The van der Waals surface area contributed by atoms with Crippen LogP contribution in [0.25, 0.3) is 0 Å². The van der Waals surface area contributed by atoms with Gasteiger partial charge in [-0.15, -0.1) is 16.4 Å². The Hall–Kier alpha value is -2.65. The molecule has 0 aliphatic rings. The van der Waals surface area contributed by atoms with E-state index in [1.807, 2.05) is 39.1 Å². The molecular weight excluding hydrogens is 423 g/mol. The van der Waals surface area contributed by atoms with Crippen LogP contribution in [0.15, 0.2) is 41.1 Å². The highest BCUT2D eigenvalue weighted by Gasteiger charge is 2.36. The van der Waals surface area contributed by atoms with Crippen LogP contribution >= 0.6 is 22.9 Å². The highest BCUT2D eigenvalue weighted by atomic mass is 32.1. The first-order chi connectivity index (χ1) is 14.2. The smallest absolute Gasteiger partial charge is 0.276 e. The normalized spacial score (nSPS) is 12.4. The van der Waals surface area contributed by atoms with E-state index in [9.17, 15) is 14.0 Å². The van der Waals surface area contributed by atoms with E-state index in [0.29, 0.717) is 5.56 Å². The van der Waals surface area contributed by atoms with E-state index in [4.69, 9.17) is 0 Å². The zero-order valence-electron chi connectivity index (χ0n) is 17.2. The number of amides is 2. The van der Waals surface area contributed by atoms with E-state index in [1.165, 1.54) is 27.7 Å². The molecule has 2 aromatic heterocycles. The Labute approximate surface area is 182 Å². The Balaban J connectivity index is 2.10. The van der Waals surface area contributed by atoms with E-state index in [1.54, 1.807) is 18.2 Å². The third-order valence-corrected chi connectivity index (χ3v) is 5.92. The fourth-order valence-corrected chi connectivity index (χ4v) is 4.47. The van der Waals surface area contributed by atoms with Crippen molar-refractivity contribution in [2.24, 2.45) is 0 Å². The van der Waals surface area contributed by atoms with Crippen molar-refractivity contribution in [3.8, 4) is 0 Å². The van der Waals surface area contributed by atoms with Crippen molar-refractivity contribution < 1.29 is 14.0 Å². The van der Waals surface area contributed by atoms with Crippen molar-refractivity contribution in [1.29, 1.82) is 0 Å². The molecule has 3 rings (SSSR count). The van der Waals surface area contributed by atoms with Gasteiger partial charge in [0.2, 0.25) is 5.91 Å². The molecule has 0 saturated heterocycles. The lowest BCUT2D eigenvalue weighted by Gasteiger charge is -2.33. The first kappa shape index (κ1) is 22.0. The van der Waals surface area contributed by atoms with Crippen LogP contribution in [0.4, 0.5) is 4.39 Å². The molecule has 0 bridgehead atoms. The fraction of sp³-hybridized carbons (Fsp3) is 0.333. The summed E-state index contributed by atoms with van der Waals surface area (Å²) in [6.07, 6.45) is 0. The number of carbonyl (C=O) groups is 2. The summed E-state index contributed by atoms with van der Waals surface area (Å²) in [6.45, 7) is 7.42. The minimum atomic E-state index is -0.932. The van der Waals surface area contributed by atoms with Crippen molar-refractivity contribution in [1.82, 2.24) is 19.8 Å². The van der Waals surface area contributed by atoms with E-state index in [0.717, 1.165) is 22.0 Å². The molecule has 0 radical (unpaired) electrons. The summed E-state index contributed by atoms with van der Waals surface area (Å²) in [6, 6.07) is 7.19. The van der Waals surface area contributed by atoms with Gasteiger partial charge in [0.15, 0.2) is 5.69 Å². The van der Waals surface area contributed by atoms with Gasteiger partial charge in [-0.05, 0) is 62.3 Å². The number of benzene rings is 1. The number of nitrogens with zero attached hydrogens (tertiary/aromatic N) is 3. The van der Waals surface area contributed by atoms with Gasteiger partial charge in [-0.1, -0.05) is 22.7 Å². The standard InChI is InChI=1S/C21H23FN4O2S2/c1-13-9-10-29-18(13)17(19(27)23-21(2,3)4)26(20(28)16-12-30-25-24-16)11-14-7-5-6-8-15(14)22/h5-10,12,17H,11H2,1-4H3,(H,23,27). The van der Waals surface area contributed by atoms with Crippen LogP contribution in [0.2, 0.25) is 0 Å². The number of hydrogen-bond acceptors (Lipinski definition) is 6. The van der Waals surface area contributed by atoms with Gasteiger partial charge in [0.05, 0.1) is 6.54 Å². The third-order valence-electron chi connectivity index (χ3n) is 4.35. The molecule has 30 heavy (non-hydrogen) atoms. The summed E-state index contributed by atoms with van der Waals surface area (Å²) in [5, 5.41) is 10.2. The van der Waals surface area contributed by atoms with Crippen molar-refractivity contribution in [2.45, 2.75) is 45.8 Å². The van der Waals surface area contributed by atoms with Gasteiger partial charge >= 0.3 is 0 Å². The summed E-state index contributed by atoms with van der Waals surface area (Å²) in [7, 11) is 0. The number of carbonyl (C=O) groups excluding carboxylic acids is 2. The SMILES string of the molecule is Cc1ccsc1C(C(=O)NC(C)(C)C)N(Cc1ccccc1F)C(=O)c1csnn1. The Morgan fingerprint density at radius 3 is 2.53 bits per heavy atom. The minimum absolute atomic E-state index is 0.0808. The maximum atomic E-state index is 14.5. The number of aromatic nitrogens is 2. The zero-order chi connectivity index (χ0) is 21.9. The number of nitrogens with one attached hydrogen (secondary N) is 1. The lowest BCUT2D eigenvalue weighted by atomic mass is 10.0. The summed E-state index contributed by atoms with van der Waals surface area (Å²) in [5.74, 6) is -1.25. The minimum Gasteiger partial charge on any atom is -0.349 e. The zero-order valence-corrected chi connectivity index (χ0v) is 18.8. The summed E-state index contributed by atoms with van der Waals surface area (Å²) in [5.41, 5.74) is 0.822. The van der Waals surface area contributed by atoms with Gasteiger partial charge in [-0.3, -0.25) is 9.59 Å². The van der Waals surface area contributed by atoms with Crippen molar-refractivity contribution in [2.75, 3.05) is 0 Å². The molecule has 0 spiro atoms. The predicted molar refractivity (Wildman–Crippen MR) is 116 cm³/mol. The molecule has 2 amide bonds. The lowest BCUT2D eigenvalue weighted by Crippen LogP contribution is -2.49. The molecule has 0 fully saturated rings. The van der Waals surface area contributed by atoms with Crippen LogP contribution in [0.3, 0.4) is 0 Å². The number of aryl methyl sites for hydroxylation is 1. The number of rotatable bonds is 6. The second-order valence-electron chi connectivity index (χ2n) is 7.92. The molecule has 3 aromatic rings. The molecule has 1 aromatic carbocycles. The largest absolute Gasteiger partial charge is 0.349 e. The van der Waals surface area contributed by atoms with Gasteiger partial charge in [0, 0.05) is 21.4 Å². The topological polar surface area (TPSA) is 75.2 Å². The highest BCUT2D eigenvalue weighted by molar-refractivity contribution is 7.10. The molecule has 6 nitrogen and oxygen atoms in total. The monoisotopic (exact) mass is 446 g/mol. The average Bonchev–Trinajstić information content (AvgIpc) is 3.33. The molecule has 1 atom stereocenters. The predicted octanol–water partition coefficient (Wildman–Crippen LogP) is 4.35. The maximum Gasteiger partial charge on any atom is 0.276 e. The molecule has 158 valence electrons. The number of thiophene rings is 1. The summed E-state index contributed by atoms with van der Waals surface area (Å²) in [4.78, 5) is 28.8. The van der Waals surface area contributed by atoms with Crippen molar-refractivity contribution in [3.63, 3.8) is 0 Å². The number of halogens is 1. The first-order valence-corrected chi connectivity index (χ1v) is 11.1. The molecule has 1 N–H and O–H groups in total. The summed E-state index contributed by atoms with van der Waals surface area (Å²) >= 11 is 2.43. The van der Waals surface area contributed by atoms with E-state index >= 15 is 0 Å². The third kappa shape index (κ3) is 5.09. The fourth-order valence-electron chi connectivity index (χ4n) is 3.00. The van der Waals surface area contributed by atoms with Crippen LogP contribution in [-0.2, 0) is 11.3 Å². The molecular formula is C21H23FN4O2S2. The Morgan fingerprint density at radius 2 is 1.97 bits per heavy atom. The second-order valence-corrected chi connectivity index (χ2v) is 9.48. The lowest BCUT2D eigenvalue weighted by molar-refractivity contribution is -0.127. The molecule has 2 heterocycles. The molecule has 0 aliphatic heterocycles. The van der Waals surface area contributed by atoms with E-state index in [2.05, 4.69) is 14.9 Å². The molecule has 9 heteroatoms. The maximum absolute atomic E-state index is 14.5. The van der Waals surface area contributed by atoms with Gasteiger partial charge in [0.1, 0.15) is 11.9 Å². The molecule has 0 aliphatic carbocycles. The molecule has 0 saturated carbocycles. The van der Waals surface area contributed by atoms with Crippen LogP contribution < -0.4 is 5.32 Å². The van der Waals surface area contributed by atoms with E-state index in [-0.39, 0.29) is 18.1 Å². The van der Waals surface area contributed by atoms with Crippen molar-refractivity contribution >= 4 is 34.7 Å². The Kier molecular flexibility index (Phi) is 6.62. The molecule has 1 unspecified atom stereocenters. The van der Waals surface area contributed by atoms with E-state index < -0.39 is 23.3 Å². The summed E-state index contributed by atoms with van der Waals surface area (Å²) < 4.78 is 18.2. The highest BCUT2D eigenvalue weighted by Crippen LogP contribution is 2.32. The second kappa shape index (κ2) is 9.01. The van der Waals surface area contributed by atoms with Crippen molar-refractivity contribution in [3.05, 3.63) is 68.6 Å². The average molecular weight is 447 g/mol. The Bertz CT molecular complexity index is 1030. The van der Waals surface area contributed by atoms with Gasteiger partial charge in [-0.2, -0.15) is 0 Å². The quantitative estimate of drug-likeness (QED) is 0.611. The van der Waals surface area contributed by atoms with Gasteiger partial charge in [-0.25, -0.2) is 4.39 Å². The number of hydrogen-bond donors (Lipinski definition) is 1. The van der Waals surface area contributed by atoms with Crippen LogP contribution in [-0.4, -0.2) is 31.8 Å². The first-order valence-electron chi connectivity index (χ1n) is 9.35. The van der Waals surface area contributed by atoms with Gasteiger partial charge < -0.3 is 10.2 Å².